The van der Waals surface area contributed by atoms with Crippen molar-refractivity contribution in [3.8, 4) is 11.3 Å². The van der Waals surface area contributed by atoms with Crippen molar-refractivity contribution in [1.82, 2.24) is 4.98 Å². The number of aromatic nitrogens is 1. The van der Waals surface area contributed by atoms with Crippen LogP contribution in [0, 0.1) is 34.6 Å². The van der Waals surface area contributed by atoms with E-state index in [-0.39, 0.29) is 5.91 Å². The number of benzene rings is 3. The molecule has 1 N–H and O–H groups in total. The molecule has 0 bridgehead atoms. The van der Waals surface area contributed by atoms with Crippen molar-refractivity contribution in [2.45, 2.75) is 34.6 Å². The van der Waals surface area contributed by atoms with Gasteiger partial charge < -0.3 is 5.32 Å². The Hall–Kier alpha value is -3.17. The zero-order valence-electron chi connectivity index (χ0n) is 18.4. The van der Waals surface area contributed by atoms with Crippen LogP contribution < -0.4 is 5.32 Å². The molecule has 0 fully saturated rings. The zero-order valence-corrected chi connectivity index (χ0v) is 19.2. The fourth-order valence-electron chi connectivity index (χ4n) is 4.03. The fourth-order valence-corrected chi connectivity index (χ4v) is 4.20. The largest absolute Gasteiger partial charge is 0.322 e. The van der Waals surface area contributed by atoms with Gasteiger partial charge in [0.15, 0.2) is 0 Å². The summed E-state index contributed by atoms with van der Waals surface area (Å²) in [5, 5.41) is 4.57. The number of nitrogens with zero attached hydrogens (tertiary/aromatic N) is 1. The molecule has 1 aromatic heterocycles. The summed E-state index contributed by atoms with van der Waals surface area (Å²) in [5.74, 6) is -0.159. The van der Waals surface area contributed by atoms with Crippen LogP contribution in [0.2, 0.25) is 5.02 Å². The molecule has 4 heteroatoms. The van der Waals surface area contributed by atoms with Gasteiger partial charge in [-0.25, -0.2) is 4.98 Å². The Labute approximate surface area is 188 Å². The highest BCUT2D eigenvalue weighted by atomic mass is 35.5. The van der Waals surface area contributed by atoms with Crippen LogP contribution in [-0.4, -0.2) is 10.9 Å². The number of nitrogens with one attached hydrogen (secondary N) is 1. The lowest BCUT2D eigenvalue weighted by molar-refractivity contribution is 0.102. The molecule has 31 heavy (non-hydrogen) atoms. The Balaban J connectivity index is 1.95. The molecule has 0 radical (unpaired) electrons. The molecule has 0 spiro atoms. The van der Waals surface area contributed by atoms with E-state index in [0.29, 0.717) is 16.3 Å². The lowest BCUT2D eigenvalue weighted by Gasteiger charge is -2.17. The van der Waals surface area contributed by atoms with Gasteiger partial charge in [0.05, 0.1) is 16.8 Å². The Kier molecular flexibility index (Phi) is 5.55. The second-order valence-corrected chi connectivity index (χ2v) is 8.58. The number of anilines is 1. The highest BCUT2D eigenvalue weighted by Crippen LogP contribution is 2.33. The van der Waals surface area contributed by atoms with Gasteiger partial charge >= 0.3 is 0 Å². The first-order valence-electron chi connectivity index (χ1n) is 10.3. The van der Waals surface area contributed by atoms with Gasteiger partial charge in [-0.1, -0.05) is 59.1 Å². The molecule has 3 aromatic carbocycles. The third-order valence-electron chi connectivity index (χ3n) is 5.74. The third-order valence-corrected chi connectivity index (χ3v) is 6.15. The molecule has 4 rings (SSSR count). The van der Waals surface area contributed by atoms with E-state index >= 15 is 0 Å². The summed E-state index contributed by atoms with van der Waals surface area (Å²) < 4.78 is 0. The number of carbonyl (C=O) groups excluding carboxylic acids is 1. The Morgan fingerprint density at radius 1 is 0.871 bits per heavy atom. The molecule has 0 unspecified atom stereocenters. The molecule has 0 aliphatic rings. The van der Waals surface area contributed by atoms with Crippen molar-refractivity contribution < 1.29 is 4.79 Å². The Morgan fingerprint density at radius 3 is 2.29 bits per heavy atom. The SMILES string of the molecule is Cc1ccc(-c2nc3c(C)cc(C)cc3c(C(=O)Nc3cccc(Cl)c3C)c2C)cc1. The summed E-state index contributed by atoms with van der Waals surface area (Å²) in [5.41, 5.74) is 9.07. The number of carbonyl (C=O) groups is 1. The molecule has 1 amide bonds. The molecule has 0 saturated carbocycles. The monoisotopic (exact) mass is 428 g/mol. The topological polar surface area (TPSA) is 42.0 Å². The minimum atomic E-state index is -0.159. The maximum absolute atomic E-state index is 13.6. The summed E-state index contributed by atoms with van der Waals surface area (Å²) in [6, 6.07) is 17.9. The molecule has 0 aliphatic carbocycles. The number of aryl methyl sites for hydroxylation is 3. The number of halogens is 1. The molecular formula is C27H25ClN2O. The van der Waals surface area contributed by atoms with Gasteiger partial charge in [0.1, 0.15) is 0 Å². The standard InChI is InChI=1S/C27H25ClN2O/c1-15-9-11-20(12-10-15)26-19(5)24(21-14-16(2)13-17(3)25(21)30-26)27(31)29-23-8-6-7-22(28)18(23)4/h6-14H,1-5H3,(H,29,31). The van der Waals surface area contributed by atoms with E-state index in [1.807, 2.05) is 52.0 Å². The van der Waals surface area contributed by atoms with Crippen LogP contribution in [-0.2, 0) is 0 Å². The van der Waals surface area contributed by atoms with Gasteiger partial charge in [0.2, 0.25) is 0 Å². The van der Waals surface area contributed by atoms with E-state index in [1.165, 1.54) is 5.56 Å². The van der Waals surface area contributed by atoms with Crippen molar-refractivity contribution >= 4 is 34.1 Å². The van der Waals surface area contributed by atoms with E-state index in [2.05, 4.69) is 42.6 Å². The first-order chi connectivity index (χ1) is 14.8. The zero-order chi connectivity index (χ0) is 22.3. The van der Waals surface area contributed by atoms with E-state index in [0.717, 1.165) is 44.4 Å². The summed E-state index contributed by atoms with van der Waals surface area (Å²) in [4.78, 5) is 18.6. The minimum Gasteiger partial charge on any atom is -0.322 e. The molecule has 0 atom stereocenters. The molecule has 156 valence electrons. The van der Waals surface area contributed by atoms with Crippen molar-refractivity contribution in [1.29, 1.82) is 0 Å². The fraction of sp³-hybridized carbons (Fsp3) is 0.185. The van der Waals surface area contributed by atoms with Crippen molar-refractivity contribution in [2.24, 2.45) is 0 Å². The highest BCUT2D eigenvalue weighted by molar-refractivity contribution is 6.32. The van der Waals surface area contributed by atoms with Crippen molar-refractivity contribution in [2.75, 3.05) is 5.32 Å². The number of hydrogen-bond donors (Lipinski definition) is 1. The van der Waals surface area contributed by atoms with Crippen LogP contribution >= 0.6 is 11.6 Å². The second-order valence-electron chi connectivity index (χ2n) is 8.17. The van der Waals surface area contributed by atoms with Gasteiger partial charge in [-0.05, 0) is 69.5 Å². The lowest BCUT2D eigenvalue weighted by Crippen LogP contribution is -2.16. The molecule has 1 heterocycles. The van der Waals surface area contributed by atoms with Crippen LogP contribution in [0.4, 0.5) is 5.69 Å². The van der Waals surface area contributed by atoms with Gasteiger partial charge in [-0.2, -0.15) is 0 Å². The maximum atomic E-state index is 13.6. The van der Waals surface area contributed by atoms with Gasteiger partial charge in [-0.15, -0.1) is 0 Å². The first kappa shape index (κ1) is 21.1. The number of pyridine rings is 1. The van der Waals surface area contributed by atoms with E-state index in [1.54, 1.807) is 0 Å². The second kappa shape index (κ2) is 8.16. The number of rotatable bonds is 3. The third kappa shape index (κ3) is 3.94. The first-order valence-corrected chi connectivity index (χ1v) is 10.7. The summed E-state index contributed by atoms with van der Waals surface area (Å²) >= 11 is 6.27. The Bertz CT molecular complexity index is 1320. The van der Waals surface area contributed by atoms with Gasteiger partial charge in [-0.3, -0.25) is 4.79 Å². The minimum absolute atomic E-state index is 0.159. The lowest BCUT2D eigenvalue weighted by atomic mass is 9.94. The maximum Gasteiger partial charge on any atom is 0.256 e. The average Bonchev–Trinajstić information content (AvgIpc) is 2.71. The summed E-state index contributed by atoms with van der Waals surface area (Å²) in [7, 11) is 0. The van der Waals surface area contributed by atoms with Crippen LogP contribution in [0.5, 0.6) is 0 Å². The van der Waals surface area contributed by atoms with Crippen LogP contribution in [0.15, 0.2) is 54.6 Å². The number of amides is 1. The smallest absolute Gasteiger partial charge is 0.256 e. The molecule has 4 aromatic rings. The molecule has 0 aliphatic heterocycles. The van der Waals surface area contributed by atoms with E-state index < -0.39 is 0 Å². The highest BCUT2D eigenvalue weighted by Gasteiger charge is 2.21. The molecular weight excluding hydrogens is 404 g/mol. The Morgan fingerprint density at radius 2 is 1.58 bits per heavy atom. The molecule has 3 nitrogen and oxygen atoms in total. The number of hydrogen-bond acceptors (Lipinski definition) is 2. The van der Waals surface area contributed by atoms with E-state index in [4.69, 9.17) is 16.6 Å². The normalized spacial score (nSPS) is 11.0. The van der Waals surface area contributed by atoms with Crippen LogP contribution in [0.25, 0.3) is 22.2 Å². The van der Waals surface area contributed by atoms with Crippen molar-refractivity contribution in [3.63, 3.8) is 0 Å². The predicted octanol–water partition coefficient (Wildman–Crippen LogP) is 7.35. The number of fused-ring (bicyclic) bond motifs is 1. The van der Waals surface area contributed by atoms with Crippen molar-refractivity contribution in [3.05, 3.63) is 93.0 Å². The quantitative estimate of drug-likeness (QED) is 0.370. The summed E-state index contributed by atoms with van der Waals surface area (Å²) in [6.45, 7) is 10.0. The van der Waals surface area contributed by atoms with E-state index in [9.17, 15) is 4.79 Å². The average molecular weight is 429 g/mol. The van der Waals surface area contributed by atoms with Crippen LogP contribution in [0.3, 0.4) is 0 Å². The predicted molar refractivity (Wildman–Crippen MR) is 130 cm³/mol. The van der Waals surface area contributed by atoms with Gasteiger partial charge in [0, 0.05) is 21.7 Å². The van der Waals surface area contributed by atoms with Crippen LogP contribution in [0.1, 0.15) is 38.2 Å². The molecule has 0 saturated heterocycles. The summed E-state index contributed by atoms with van der Waals surface area (Å²) in [6.07, 6.45) is 0. The van der Waals surface area contributed by atoms with Gasteiger partial charge in [0.25, 0.3) is 5.91 Å².